The second-order valence-electron chi connectivity index (χ2n) is 8.53. The van der Waals surface area contributed by atoms with E-state index in [2.05, 4.69) is 17.0 Å². The molecule has 2 aliphatic heterocycles. The van der Waals surface area contributed by atoms with Gasteiger partial charge in [-0.05, 0) is 62.4 Å². The second-order valence-corrected chi connectivity index (χ2v) is 8.53. The van der Waals surface area contributed by atoms with Crippen molar-refractivity contribution in [3.8, 4) is 17.2 Å². The van der Waals surface area contributed by atoms with Crippen molar-refractivity contribution in [3.05, 3.63) is 53.6 Å². The van der Waals surface area contributed by atoms with Crippen LogP contribution in [0.3, 0.4) is 0 Å². The Hall–Kier alpha value is -2.73. The van der Waals surface area contributed by atoms with Gasteiger partial charge in [0.2, 0.25) is 0 Å². The highest BCUT2D eigenvalue weighted by atomic mass is 16.5. The van der Waals surface area contributed by atoms with E-state index in [9.17, 15) is 4.79 Å². The highest BCUT2D eigenvalue weighted by molar-refractivity contribution is 5.97. The lowest BCUT2D eigenvalue weighted by atomic mass is 10.1. The number of amides is 1. The van der Waals surface area contributed by atoms with Gasteiger partial charge in [-0.2, -0.15) is 0 Å². The predicted molar refractivity (Wildman–Crippen MR) is 125 cm³/mol. The number of carbonyl (C=O) groups is 1. The smallest absolute Gasteiger partial charge is 0.257 e. The summed E-state index contributed by atoms with van der Waals surface area (Å²) in [6, 6.07) is 13.9. The molecule has 2 aromatic rings. The molecule has 0 aliphatic carbocycles. The fraction of sp³-hybridized carbons (Fsp3) is 0.500. The van der Waals surface area contributed by atoms with E-state index >= 15 is 0 Å². The molecule has 0 spiro atoms. The molecule has 32 heavy (non-hydrogen) atoms. The molecule has 2 heterocycles. The van der Waals surface area contributed by atoms with Crippen LogP contribution >= 0.6 is 0 Å². The zero-order chi connectivity index (χ0) is 22.3. The molecule has 172 valence electrons. The Morgan fingerprint density at radius 1 is 0.969 bits per heavy atom. The Morgan fingerprint density at radius 2 is 1.66 bits per heavy atom. The maximum absolute atomic E-state index is 13.0. The van der Waals surface area contributed by atoms with Gasteiger partial charge < -0.3 is 19.1 Å². The summed E-state index contributed by atoms with van der Waals surface area (Å²) in [7, 11) is 1.64. The largest absolute Gasteiger partial charge is 0.497 e. The summed E-state index contributed by atoms with van der Waals surface area (Å²) in [6.07, 6.45) is 4.12. The molecule has 2 aromatic carbocycles. The standard InChI is InChI=1S/C26H34N2O4/c1-3-31-21-8-6-20(7-9-21)19-27-16-12-22(13-17-27)32-25-18-23(30-2)10-11-24(25)26(29)28-14-4-5-15-28/h6-11,18,22H,3-5,12-17,19H2,1-2H3. The van der Waals surface area contributed by atoms with E-state index in [1.807, 2.05) is 42.2 Å². The van der Waals surface area contributed by atoms with Crippen molar-refractivity contribution in [2.24, 2.45) is 0 Å². The first-order valence-electron chi connectivity index (χ1n) is 11.7. The normalized spacial score (nSPS) is 17.4. The minimum absolute atomic E-state index is 0.0630. The highest BCUT2D eigenvalue weighted by Gasteiger charge is 2.26. The fourth-order valence-electron chi connectivity index (χ4n) is 4.48. The number of methoxy groups -OCH3 is 1. The van der Waals surface area contributed by atoms with Gasteiger partial charge in [-0.3, -0.25) is 9.69 Å². The van der Waals surface area contributed by atoms with Crippen LogP contribution < -0.4 is 14.2 Å². The lowest BCUT2D eigenvalue weighted by Crippen LogP contribution is -2.38. The van der Waals surface area contributed by atoms with E-state index in [-0.39, 0.29) is 12.0 Å². The Kier molecular flexibility index (Phi) is 7.53. The van der Waals surface area contributed by atoms with Crippen LogP contribution in [0.4, 0.5) is 0 Å². The molecule has 0 radical (unpaired) electrons. The first kappa shape index (κ1) is 22.5. The Balaban J connectivity index is 1.35. The summed E-state index contributed by atoms with van der Waals surface area (Å²) in [5.41, 5.74) is 1.93. The van der Waals surface area contributed by atoms with Crippen molar-refractivity contribution >= 4 is 5.91 Å². The molecule has 0 unspecified atom stereocenters. The van der Waals surface area contributed by atoms with E-state index in [0.717, 1.165) is 64.2 Å². The molecule has 0 aromatic heterocycles. The highest BCUT2D eigenvalue weighted by Crippen LogP contribution is 2.30. The first-order valence-corrected chi connectivity index (χ1v) is 11.7. The van der Waals surface area contributed by atoms with Crippen molar-refractivity contribution in [1.29, 1.82) is 0 Å². The van der Waals surface area contributed by atoms with Crippen molar-refractivity contribution in [3.63, 3.8) is 0 Å². The first-order chi connectivity index (χ1) is 15.7. The van der Waals surface area contributed by atoms with Crippen LogP contribution in [-0.4, -0.2) is 61.7 Å². The summed E-state index contributed by atoms with van der Waals surface area (Å²) in [5, 5.41) is 0. The number of piperidine rings is 1. The maximum Gasteiger partial charge on any atom is 0.257 e. The van der Waals surface area contributed by atoms with Gasteiger partial charge in [0.1, 0.15) is 23.4 Å². The molecular formula is C26H34N2O4. The minimum Gasteiger partial charge on any atom is -0.497 e. The monoisotopic (exact) mass is 438 g/mol. The molecule has 2 fully saturated rings. The van der Waals surface area contributed by atoms with Gasteiger partial charge in [0.15, 0.2) is 0 Å². The van der Waals surface area contributed by atoms with Crippen molar-refractivity contribution in [1.82, 2.24) is 9.80 Å². The number of nitrogens with zero attached hydrogens (tertiary/aromatic N) is 2. The quantitative estimate of drug-likeness (QED) is 0.613. The van der Waals surface area contributed by atoms with Crippen LogP contribution in [0.25, 0.3) is 0 Å². The molecule has 2 saturated heterocycles. The van der Waals surface area contributed by atoms with Crippen LogP contribution in [0.15, 0.2) is 42.5 Å². The predicted octanol–water partition coefficient (Wildman–Crippen LogP) is 4.37. The van der Waals surface area contributed by atoms with E-state index in [4.69, 9.17) is 14.2 Å². The average Bonchev–Trinajstić information content (AvgIpc) is 3.36. The number of rotatable bonds is 8. The molecule has 2 aliphatic rings. The maximum atomic E-state index is 13.0. The summed E-state index contributed by atoms with van der Waals surface area (Å²) in [4.78, 5) is 17.4. The van der Waals surface area contributed by atoms with E-state index < -0.39 is 0 Å². The third-order valence-corrected chi connectivity index (χ3v) is 6.28. The van der Waals surface area contributed by atoms with Gasteiger partial charge in [-0.25, -0.2) is 0 Å². The number of hydrogen-bond donors (Lipinski definition) is 0. The SMILES string of the molecule is CCOc1ccc(CN2CCC(Oc3cc(OC)ccc3C(=O)N3CCCC3)CC2)cc1. The summed E-state index contributed by atoms with van der Waals surface area (Å²) in [6.45, 7) is 7.20. The molecular weight excluding hydrogens is 404 g/mol. The van der Waals surface area contributed by atoms with Crippen LogP contribution in [-0.2, 0) is 6.54 Å². The molecule has 6 heteroatoms. The number of ether oxygens (including phenoxy) is 3. The third-order valence-electron chi connectivity index (χ3n) is 6.28. The van der Waals surface area contributed by atoms with E-state index in [1.165, 1.54) is 5.56 Å². The molecule has 6 nitrogen and oxygen atoms in total. The van der Waals surface area contributed by atoms with E-state index in [1.54, 1.807) is 7.11 Å². The Labute approximate surface area is 191 Å². The number of benzene rings is 2. The van der Waals surface area contributed by atoms with Crippen molar-refractivity contribution in [2.45, 2.75) is 45.3 Å². The van der Waals surface area contributed by atoms with Gasteiger partial charge >= 0.3 is 0 Å². The molecule has 0 bridgehead atoms. The second kappa shape index (κ2) is 10.7. The van der Waals surface area contributed by atoms with Gasteiger partial charge in [0.25, 0.3) is 5.91 Å². The zero-order valence-electron chi connectivity index (χ0n) is 19.2. The van der Waals surface area contributed by atoms with Crippen molar-refractivity contribution < 1.29 is 19.0 Å². The molecule has 4 rings (SSSR count). The minimum atomic E-state index is 0.0630. The van der Waals surface area contributed by atoms with Crippen LogP contribution in [0, 0.1) is 0 Å². The lowest BCUT2D eigenvalue weighted by Gasteiger charge is -2.32. The van der Waals surface area contributed by atoms with Gasteiger partial charge in [-0.15, -0.1) is 0 Å². The number of carbonyl (C=O) groups excluding carboxylic acids is 1. The number of hydrogen-bond acceptors (Lipinski definition) is 5. The van der Waals surface area contributed by atoms with Crippen molar-refractivity contribution in [2.75, 3.05) is 39.9 Å². The number of likely N-dealkylation sites (tertiary alicyclic amines) is 2. The van der Waals surface area contributed by atoms with Gasteiger partial charge in [0, 0.05) is 38.8 Å². The van der Waals surface area contributed by atoms with Crippen LogP contribution in [0.5, 0.6) is 17.2 Å². The van der Waals surface area contributed by atoms with Gasteiger partial charge in [-0.1, -0.05) is 12.1 Å². The summed E-state index contributed by atoms with van der Waals surface area (Å²) in [5.74, 6) is 2.34. The fourth-order valence-corrected chi connectivity index (χ4v) is 4.48. The zero-order valence-corrected chi connectivity index (χ0v) is 19.2. The van der Waals surface area contributed by atoms with Gasteiger partial charge in [0.05, 0.1) is 19.3 Å². The summed E-state index contributed by atoms with van der Waals surface area (Å²) >= 11 is 0. The summed E-state index contributed by atoms with van der Waals surface area (Å²) < 4.78 is 17.3. The van der Waals surface area contributed by atoms with Crippen LogP contribution in [0.2, 0.25) is 0 Å². The topological polar surface area (TPSA) is 51.2 Å². The third kappa shape index (κ3) is 5.54. The Morgan fingerprint density at radius 3 is 2.31 bits per heavy atom. The average molecular weight is 439 g/mol. The molecule has 0 N–H and O–H groups in total. The van der Waals surface area contributed by atoms with E-state index in [0.29, 0.717) is 23.7 Å². The van der Waals surface area contributed by atoms with Crippen LogP contribution in [0.1, 0.15) is 48.5 Å². The molecule has 0 atom stereocenters. The molecule has 1 amide bonds. The lowest BCUT2D eigenvalue weighted by molar-refractivity contribution is 0.0764. The molecule has 0 saturated carbocycles. The Bertz CT molecular complexity index is 885.